The van der Waals surface area contributed by atoms with Gasteiger partial charge in [0.15, 0.2) is 5.96 Å². The van der Waals surface area contributed by atoms with Crippen molar-refractivity contribution in [3.8, 4) is 5.75 Å². The van der Waals surface area contributed by atoms with Gasteiger partial charge in [0.1, 0.15) is 5.75 Å². The molecule has 7 nitrogen and oxygen atoms in total. The van der Waals surface area contributed by atoms with E-state index >= 15 is 0 Å². The van der Waals surface area contributed by atoms with Crippen molar-refractivity contribution in [2.75, 3.05) is 32.5 Å². The third-order valence-corrected chi connectivity index (χ3v) is 5.33. The summed E-state index contributed by atoms with van der Waals surface area (Å²) in [6, 6.07) is 7.97. The molecule has 0 amide bonds. The van der Waals surface area contributed by atoms with Crippen LogP contribution in [0.1, 0.15) is 31.4 Å². The molecule has 8 heteroatoms. The van der Waals surface area contributed by atoms with Crippen LogP contribution < -0.4 is 15.8 Å². The van der Waals surface area contributed by atoms with Gasteiger partial charge in [-0.3, -0.25) is 4.99 Å². The monoisotopic (exact) mass is 354 g/mol. The maximum atomic E-state index is 11.5. The molecule has 0 saturated heterocycles. The first-order valence-electron chi connectivity index (χ1n) is 8.15. The van der Waals surface area contributed by atoms with Crippen molar-refractivity contribution in [1.29, 1.82) is 0 Å². The van der Waals surface area contributed by atoms with Crippen LogP contribution in [-0.2, 0) is 10.0 Å². The van der Waals surface area contributed by atoms with Crippen LogP contribution in [-0.4, -0.2) is 51.2 Å². The zero-order valence-corrected chi connectivity index (χ0v) is 15.1. The van der Waals surface area contributed by atoms with Gasteiger partial charge in [-0.2, -0.15) is 0 Å². The molecule has 0 spiro atoms. The van der Waals surface area contributed by atoms with Gasteiger partial charge in [0.25, 0.3) is 0 Å². The van der Waals surface area contributed by atoms with Crippen LogP contribution >= 0.6 is 0 Å². The number of nitrogens with one attached hydrogen (secondary N) is 1. The fraction of sp³-hybridized carbons (Fsp3) is 0.562. The number of para-hydroxylation sites is 1. The lowest BCUT2D eigenvalue weighted by Crippen LogP contribution is -2.37. The van der Waals surface area contributed by atoms with Gasteiger partial charge in [0, 0.05) is 31.6 Å². The molecular formula is C16H26N4O3S. The number of rotatable bonds is 7. The second-order valence-corrected chi connectivity index (χ2v) is 7.73. The number of ether oxygens (including phenoxy) is 1. The molecule has 24 heavy (non-hydrogen) atoms. The normalized spacial score (nSPS) is 18.1. The number of nitrogens with zero attached hydrogens (tertiary/aromatic N) is 2. The number of hydrogen-bond donors (Lipinski definition) is 2. The lowest BCUT2D eigenvalue weighted by Gasteiger charge is -2.27. The Morgan fingerprint density at radius 1 is 1.46 bits per heavy atom. The Bertz CT molecular complexity index is 676. The van der Waals surface area contributed by atoms with Gasteiger partial charge in [0.2, 0.25) is 10.0 Å². The molecule has 3 N–H and O–H groups in total. The summed E-state index contributed by atoms with van der Waals surface area (Å²) >= 11 is 0. The predicted octanol–water partition coefficient (Wildman–Crippen LogP) is 1.09. The highest BCUT2D eigenvalue weighted by Gasteiger charge is 2.21. The molecule has 2 rings (SSSR count). The molecule has 0 bridgehead atoms. The Morgan fingerprint density at radius 2 is 2.21 bits per heavy atom. The van der Waals surface area contributed by atoms with Gasteiger partial charge in [0.05, 0.1) is 18.9 Å². The number of aliphatic imine (C=N–C) groups is 1. The van der Waals surface area contributed by atoms with Crippen LogP contribution in [0.25, 0.3) is 0 Å². The Labute approximate surface area is 143 Å². The average Bonchev–Trinajstić information content (AvgIpc) is 2.54. The molecule has 0 saturated carbocycles. The van der Waals surface area contributed by atoms with Crippen LogP contribution in [0.2, 0.25) is 0 Å². The van der Waals surface area contributed by atoms with Crippen molar-refractivity contribution in [1.82, 2.24) is 9.62 Å². The van der Waals surface area contributed by atoms with Crippen LogP contribution in [0, 0.1) is 0 Å². The number of fused-ring (bicyclic) bond motifs is 1. The minimum Gasteiger partial charge on any atom is -0.493 e. The molecule has 0 radical (unpaired) electrons. The summed E-state index contributed by atoms with van der Waals surface area (Å²) in [4.78, 5) is 4.30. The number of sulfonamides is 1. The van der Waals surface area contributed by atoms with Crippen molar-refractivity contribution >= 4 is 16.0 Å². The van der Waals surface area contributed by atoms with Crippen molar-refractivity contribution in [3.63, 3.8) is 0 Å². The second kappa shape index (κ2) is 8.34. The van der Waals surface area contributed by atoms with E-state index in [4.69, 9.17) is 10.5 Å². The summed E-state index contributed by atoms with van der Waals surface area (Å²) in [5, 5.41) is 3.22. The minimum atomic E-state index is -3.15. The van der Waals surface area contributed by atoms with Gasteiger partial charge < -0.3 is 15.8 Å². The number of benzene rings is 1. The van der Waals surface area contributed by atoms with Crippen molar-refractivity contribution in [2.24, 2.45) is 10.7 Å². The Morgan fingerprint density at radius 3 is 2.92 bits per heavy atom. The zero-order chi connectivity index (χ0) is 17.6. The number of nitrogens with two attached hydrogens (primary N) is 1. The summed E-state index contributed by atoms with van der Waals surface area (Å²) in [6.45, 7) is 3.86. The number of guanidine groups is 1. The molecule has 0 aliphatic carbocycles. The Kier molecular flexibility index (Phi) is 6.44. The van der Waals surface area contributed by atoms with Gasteiger partial charge in [-0.05, 0) is 12.5 Å². The van der Waals surface area contributed by atoms with Crippen LogP contribution in [0.5, 0.6) is 5.75 Å². The van der Waals surface area contributed by atoms with Crippen molar-refractivity contribution < 1.29 is 13.2 Å². The minimum absolute atomic E-state index is 0.0851. The lowest BCUT2D eigenvalue weighted by molar-refractivity contribution is 0.262. The fourth-order valence-corrected chi connectivity index (χ4v) is 3.65. The SMILES string of the molecule is CCN(CCCN=C(N)NC1CCOc2ccccc21)S(C)(=O)=O. The first-order chi connectivity index (χ1) is 11.4. The van der Waals surface area contributed by atoms with Crippen LogP contribution in [0.3, 0.4) is 0 Å². The van der Waals surface area contributed by atoms with E-state index in [1.54, 1.807) is 0 Å². The highest BCUT2D eigenvalue weighted by Crippen LogP contribution is 2.31. The molecule has 1 aromatic rings. The molecule has 1 heterocycles. The topological polar surface area (TPSA) is 97.0 Å². The summed E-state index contributed by atoms with van der Waals surface area (Å²) in [6.07, 6.45) is 2.68. The van der Waals surface area contributed by atoms with Gasteiger partial charge in [-0.25, -0.2) is 12.7 Å². The molecule has 0 fully saturated rings. The van der Waals surface area contributed by atoms with Crippen LogP contribution in [0.15, 0.2) is 29.3 Å². The lowest BCUT2D eigenvalue weighted by atomic mass is 10.0. The maximum Gasteiger partial charge on any atom is 0.211 e. The molecule has 1 aliphatic heterocycles. The Balaban J connectivity index is 1.85. The molecule has 1 aliphatic rings. The van der Waals surface area contributed by atoms with E-state index in [-0.39, 0.29) is 6.04 Å². The summed E-state index contributed by atoms with van der Waals surface area (Å²) in [5.41, 5.74) is 7.04. The van der Waals surface area contributed by atoms with E-state index < -0.39 is 10.0 Å². The first kappa shape index (κ1) is 18.5. The quantitative estimate of drug-likeness (QED) is 0.434. The highest BCUT2D eigenvalue weighted by molar-refractivity contribution is 7.88. The van der Waals surface area contributed by atoms with E-state index in [0.717, 1.165) is 17.7 Å². The highest BCUT2D eigenvalue weighted by atomic mass is 32.2. The van der Waals surface area contributed by atoms with E-state index in [1.165, 1.54) is 10.6 Å². The summed E-state index contributed by atoms with van der Waals surface area (Å²) in [5.74, 6) is 1.25. The van der Waals surface area contributed by atoms with Gasteiger partial charge >= 0.3 is 0 Å². The van der Waals surface area contributed by atoms with E-state index in [9.17, 15) is 8.42 Å². The van der Waals surface area contributed by atoms with E-state index in [1.807, 2.05) is 31.2 Å². The molecule has 1 atom stereocenters. The molecule has 0 aromatic heterocycles. The van der Waals surface area contributed by atoms with Crippen LogP contribution in [0.4, 0.5) is 0 Å². The smallest absolute Gasteiger partial charge is 0.211 e. The first-order valence-corrected chi connectivity index (χ1v) is 10.00. The Hall–Kier alpha value is -1.80. The van der Waals surface area contributed by atoms with E-state index in [2.05, 4.69) is 10.3 Å². The maximum absolute atomic E-state index is 11.5. The van der Waals surface area contributed by atoms with E-state index in [0.29, 0.717) is 38.6 Å². The largest absolute Gasteiger partial charge is 0.493 e. The van der Waals surface area contributed by atoms with Gasteiger partial charge in [-0.1, -0.05) is 25.1 Å². The zero-order valence-electron chi connectivity index (χ0n) is 14.2. The molecule has 1 aromatic carbocycles. The third kappa shape index (κ3) is 5.10. The molecule has 134 valence electrons. The molecule has 1 unspecified atom stereocenters. The third-order valence-electron chi connectivity index (χ3n) is 3.95. The summed E-state index contributed by atoms with van der Waals surface area (Å²) in [7, 11) is -3.15. The second-order valence-electron chi connectivity index (χ2n) is 5.75. The van der Waals surface area contributed by atoms with Crippen molar-refractivity contribution in [2.45, 2.75) is 25.8 Å². The standard InChI is InChI=1S/C16H26N4O3S/c1-3-20(24(2,21)22)11-6-10-18-16(17)19-14-9-12-23-15-8-5-4-7-13(14)15/h4-5,7-8,14H,3,6,9-12H2,1-2H3,(H3,17,18,19). The summed E-state index contributed by atoms with van der Waals surface area (Å²) < 4.78 is 30.1. The average molecular weight is 354 g/mol. The van der Waals surface area contributed by atoms with Crippen molar-refractivity contribution in [3.05, 3.63) is 29.8 Å². The fourth-order valence-electron chi connectivity index (χ4n) is 2.72. The predicted molar refractivity (Wildman–Crippen MR) is 95.6 cm³/mol. The molecular weight excluding hydrogens is 328 g/mol. The van der Waals surface area contributed by atoms with Gasteiger partial charge in [-0.15, -0.1) is 0 Å². The number of hydrogen-bond acceptors (Lipinski definition) is 4.